The maximum atomic E-state index is 13.0. The van der Waals surface area contributed by atoms with Gasteiger partial charge in [0.2, 0.25) is 10.0 Å². The summed E-state index contributed by atoms with van der Waals surface area (Å²) in [5.41, 5.74) is 0.146. The Hall–Kier alpha value is -1.53. The van der Waals surface area contributed by atoms with Crippen LogP contribution in [0.1, 0.15) is 21.3 Å². The minimum Gasteiger partial charge on any atom is -0.379 e. The lowest BCUT2D eigenvalue weighted by Gasteiger charge is -2.34. The first-order chi connectivity index (χ1) is 15.5. The molecule has 174 valence electrons. The first-order valence-electron chi connectivity index (χ1n) is 10.5. The third-order valence-corrected chi connectivity index (χ3v) is 8.80. The molecule has 8 nitrogen and oxygen atoms in total. The minimum absolute atomic E-state index is 0.0156. The Labute approximate surface area is 197 Å². The number of morpholine rings is 2. The van der Waals surface area contributed by atoms with Crippen LogP contribution in [0.2, 0.25) is 5.02 Å². The summed E-state index contributed by atoms with van der Waals surface area (Å²) >= 11 is 7.92. The van der Waals surface area contributed by atoms with Gasteiger partial charge in [-0.05, 0) is 29.6 Å². The SMILES string of the molecule is O=C(NCC(c1cccs1)N1CCOCC1)c1cc(S(=O)(=O)N2CCOCC2)ccc1Cl. The van der Waals surface area contributed by atoms with E-state index in [1.165, 1.54) is 22.5 Å². The summed E-state index contributed by atoms with van der Waals surface area (Å²) in [7, 11) is -3.72. The average Bonchev–Trinajstić information content (AvgIpc) is 3.35. The number of hydrogen-bond acceptors (Lipinski definition) is 7. The van der Waals surface area contributed by atoms with Crippen molar-refractivity contribution in [3.05, 3.63) is 51.2 Å². The summed E-state index contributed by atoms with van der Waals surface area (Å²) < 4.78 is 38.0. The van der Waals surface area contributed by atoms with Gasteiger partial charge in [-0.1, -0.05) is 17.7 Å². The smallest absolute Gasteiger partial charge is 0.252 e. The molecule has 0 aliphatic carbocycles. The molecule has 1 unspecified atom stereocenters. The van der Waals surface area contributed by atoms with Crippen LogP contribution in [-0.2, 0) is 19.5 Å². The molecule has 0 bridgehead atoms. The monoisotopic (exact) mass is 499 g/mol. The number of sulfonamides is 1. The number of carbonyl (C=O) groups is 1. The number of amides is 1. The van der Waals surface area contributed by atoms with Crippen molar-refractivity contribution in [1.29, 1.82) is 0 Å². The van der Waals surface area contributed by atoms with Gasteiger partial charge in [-0.25, -0.2) is 8.42 Å². The summed E-state index contributed by atoms with van der Waals surface area (Å²) in [6.07, 6.45) is 0. The number of rotatable bonds is 7. The molecule has 2 aromatic rings. The molecule has 0 spiro atoms. The van der Waals surface area contributed by atoms with E-state index in [1.807, 2.05) is 11.4 Å². The number of benzene rings is 1. The molecule has 2 aliphatic rings. The Kier molecular flexibility index (Phi) is 7.83. The Balaban J connectivity index is 1.50. The van der Waals surface area contributed by atoms with Crippen molar-refractivity contribution in [1.82, 2.24) is 14.5 Å². The van der Waals surface area contributed by atoms with Crippen molar-refractivity contribution in [3.8, 4) is 0 Å². The zero-order valence-electron chi connectivity index (χ0n) is 17.5. The van der Waals surface area contributed by atoms with E-state index in [1.54, 1.807) is 11.3 Å². The van der Waals surface area contributed by atoms with E-state index in [0.29, 0.717) is 33.0 Å². The highest BCUT2D eigenvalue weighted by Crippen LogP contribution is 2.27. The van der Waals surface area contributed by atoms with E-state index < -0.39 is 15.9 Å². The Morgan fingerprint density at radius 2 is 1.78 bits per heavy atom. The zero-order chi connectivity index (χ0) is 22.6. The van der Waals surface area contributed by atoms with Crippen LogP contribution in [0.25, 0.3) is 0 Å². The van der Waals surface area contributed by atoms with Crippen molar-refractivity contribution in [2.45, 2.75) is 10.9 Å². The molecule has 1 amide bonds. The highest BCUT2D eigenvalue weighted by molar-refractivity contribution is 7.89. The van der Waals surface area contributed by atoms with Gasteiger partial charge in [0.1, 0.15) is 0 Å². The van der Waals surface area contributed by atoms with Crippen LogP contribution in [0, 0.1) is 0 Å². The molecule has 1 atom stereocenters. The third kappa shape index (κ3) is 5.33. The average molecular weight is 500 g/mol. The summed E-state index contributed by atoms with van der Waals surface area (Å²) in [4.78, 5) is 16.5. The number of thiophene rings is 1. The summed E-state index contributed by atoms with van der Waals surface area (Å²) in [6.45, 7) is 4.54. The lowest BCUT2D eigenvalue weighted by Crippen LogP contribution is -2.43. The van der Waals surface area contributed by atoms with E-state index in [-0.39, 0.29) is 34.6 Å². The number of hydrogen-bond donors (Lipinski definition) is 1. The van der Waals surface area contributed by atoms with E-state index >= 15 is 0 Å². The van der Waals surface area contributed by atoms with Crippen molar-refractivity contribution in [2.75, 3.05) is 59.2 Å². The van der Waals surface area contributed by atoms with Crippen molar-refractivity contribution in [3.63, 3.8) is 0 Å². The molecule has 32 heavy (non-hydrogen) atoms. The van der Waals surface area contributed by atoms with Gasteiger partial charge in [0, 0.05) is 37.6 Å². The van der Waals surface area contributed by atoms with Crippen LogP contribution in [-0.4, -0.2) is 82.7 Å². The largest absolute Gasteiger partial charge is 0.379 e. The molecule has 4 rings (SSSR count). The standard InChI is InChI=1S/C21H26ClN3O5S2/c22-18-4-3-16(32(27,28)25-7-11-30-12-8-25)14-17(18)21(26)23-15-19(20-2-1-13-31-20)24-5-9-29-10-6-24/h1-4,13-14,19H,5-12,15H2,(H,23,26). The van der Waals surface area contributed by atoms with Crippen LogP contribution in [0.4, 0.5) is 0 Å². The van der Waals surface area contributed by atoms with E-state index in [9.17, 15) is 13.2 Å². The lowest BCUT2D eigenvalue weighted by atomic mass is 10.1. The number of halogens is 1. The second-order valence-corrected chi connectivity index (χ2v) is 10.9. The molecule has 2 fully saturated rings. The molecule has 1 aromatic heterocycles. The van der Waals surface area contributed by atoms with E-state index in [0.717, 1.165) is 18.0 Å². The Morgan fingerprint density at radius 3 is 2.44 bits per heavy atom. The fourth-order valence-corrected chi connectivity index (χ4v) is 6.34. The maximum absolute atomic E-state index is 13.0. The van der Waals surface area contributed by atoms with Crippen molar-refractivity contribution < 1.29 is 22.7 Å². The summed E-state index contributed by atoms with van der Waals surface area (Å²) in [6, 6.07) is 8.32. The fourth-order valence-electron chi connectivity index (χ4n) is 3.84. The van der Waals surface area contributed by atoms with Gasteiger partial charge >= 0.3 is 0 Å². The molecule has 1 aromatic carbocycles. The predicted molar refractivity (Wildman–Crippen MR) is 123 cm³/mol. The fraction of sp³-hybridized carbons (Fsp3) is 0.476. The van der Waals surface area contributed by atoms with Gasteiger partial charge in [-0.2, -0.15) is 4.31 Å². The van der Waals surface area contributed by atoms with Gasteiger partial charge in [0.25, 0.3) is 5.91 Å². The lowest BCUT2D eigenvalue weighted by molar-refractivity contribution is 0.0169. The van der Waals surface area contributed by atoms with E-state index in [4.69, 9.17) is 21.1 Å². The molecule has 1 N–H and O–H groups in total. The minimum atomic E-state index is -3.72. The number of carbonyl (C=O) groups excluding carboxylic acids is 1. The number of ether oxygens (including phenoxy) is 2. The summed E-state index contributed by atoms with van der Waals surface area (Å²) in [5.74, 6) is -0.399. The van der Waals surface area contributed by atoms with Gasteiger partial charge < -0.3 is 14.8 Å². The van der Waals surface area contributed by atoms with E-state index in [2.05, 4.69) is 16.3 Å². The second-order valence-electron chi connectivity index (χ2n) is 7.55. The Bertz CT molecular complexity index is 1020. The van der Waals surface area contributed by atoms with Gasteiger partial charge in [0.15, 0.2) is 0 Å². The van der Waals surface area contributed by atoms with Crippen molar-refractivity contribution in [2.24, 2.45) is 0 Å². The molecule has 11 heteroatoms. The Morgan fingerprint density at radius 1 is 1.09 bits per heavy atom. The highest BCUT2D eigenvalue weighted by atomic mass is 35.5. The molecule has 0 radical (unpaired) electrons. The normalized spacial score (nSPS) is 19.5. The van der Waals surface area contributed by atoms with Crippen molar-refractivity contribution >= 4 is 38.9 Å². The van der Waals surface area contributed by atoms with Crippen LogP contribution in [0.5, 0.6) is 0 Å². The van der Waals surface area contributed by atoms with Crippen LogP contribution >= 0.6 is 22.9 Å². The van der Waals surface area contributed by atoms with Crippen LogP contribution < -0.4 is 5.32 Å². The topological polar surface area (TPSA) is 88.2 Å². The van der Waals surface area contributed by atoms with Gasteiger partial charge in [-0.15, -0.1) is 11.3 Å². The third-order valence-electron chi connectivity index (χ3n) is 5.60. The van der Waals surface area contributed by atoms with Gasteiger partial charge in [-0.3, -0.25) is 9.69 Å². The molecule has 3 heterocycles. The first-order valence-corrected chi connectivity index (χ1v) is 13.2. The number of nitrogens with one attached hydrogen (secondary N) is 1. The molecular formula is C21H26ClN3O5S2. The van der Waals surface area contributed by atoms with Crippen LogP contribution in [0.15, 0.2) is 40.6 Å². The quantitative estimate of drug-likeness (QED) is 0.628. The predicted octanol–water partition coefficient (Wildman–Crippen LogP) is 2.23. The first kappa shape index (κ1) is 23.6. The molecule has 0 saturated carbocycles. The number of nitrogens with zero attached hydrogens (tertiary/aromatic N) is 2. The van der Waals surface area contributed by atoms with Crippen LogP contribution in [0.3, 0.4) is 0 Å². The molecule has 2 aliphatic heterocycles. The zero-order valence-corrected chi connectivity index (χ0v) is 19.9. The molecule has 2 saturated heterocycles. The summed E-state index contributed by atoms with van der Waals surface area (Å²) in [5, 5.41) is 5.18. The maximum Gasteiger partial charge on any atom is 0.252 e. The molecular weight excluding hydrogens is 474 g/mol. The second kappa shape index (κ2) is 10.6. The van der Waals surface area contributed by atoms with Gasteiger partial charge in [0.05, 0.1) is 48.0 Å². The highest BCUT2D eigenvalue weighted by Gasteiger charge is 2.28.